The summed E-state index contributed by atoms with van der Waals surface area (Å²) in [6, 6.07) is 7.77. The highest BCUT2D eigenvalue weighted by Gasteiger charge is 2.07. The fraction of sp³-hybridized carbons (Fsp3) is 0.267. The van der Waals surface area contributed by atoms with Gasteiger partial charge in [0, 0.05) is 27.1 Å². The van der Waals surface area contributed by atoms with Crippen molar-refractivity contribution >= 4 is 38.9 Å². The van der Waals surface area contributed by atoms with E-state index in [4.69, 9.17) is 0 Å². The van der Waals surface area contributed by atoms with Gasteiger partial charge < -0.3 is 10.6 Å². The molecular weight excluding hydrogens is 336 g/mol. The summed E-state index contributed by atoms with van der Waals surface area (Å²) in [4.78, 5) is 13.0. The maximum Gasteiger partial charge on any atom is 0.251 e. The summed E-state index contributed by atoms with van der Waals surface area (Å²) in [7, 11) is 0. The minimum atomic E-state index is -0.0249. The summed E-state index contributed by atoms with van der Waals surface area (Å²) < 4.78 is 1.13. The van der Waals surface area contributed by atoms with Gasteiger partial charge in [0.1, 0.15) is 0 Å². The van der Waals surface area contributed by atoms with E-state index in [1.165, 1.54) is 4.88 Å². The first-order valence-electron chi connectivity index (χ1n) is 6.46. The van der Waals surface area contributed by atoms with Gasteiger partial charge in [0.15, 0.2) is 0 Å². The van der Waals surface area contributed by atoms with Gasteiger partial charge in [-0.1, -0.05) is 0 Å². The van der Waals surface area contributed by atoms with Crippen molar-refractivity contribution < 1.29 is 4.79 Å². The predicted octanol–water partition coefficient (Wildman–Crippen LogP) is 4.18. The fourth-order valence-corrected chi connectivity index (χ4v) is 3.32. The first kappa shape index (κ1) is 15.1. The maximum atomic E-state index is 11.8. The molecule has 2 aromatic rings. The van der Waals surface area contributed by atoms with Gasteiger partial charge in [0.05, 0.1) is 6.54 Å². The molecule has 1 heterocycles. The quantitative estimate of drug-likeness (QED) is 0.847. The Kier molecular flexibility index (Phi) is 5.20. The molecule has 1 aromatic carbocycles. The second-order valence-corrected chi connectivity index (χ2v) is 6.29. The smallest absolute Gasteiger partial charge is 0.251 e. The zero-order valence-corrected chi connectivity index (χ0v) is 13.9. The van der Waals surface area contributed by atoms with E-state index in [-0.39, 0.29) is 5.91 Å². The van der Waals surface area contributed by atoms with Crippen LogP contribution in [0.2, 0.25) is 0 Å². The topological polar surface area (TPSA) is 41.1 Å². The van der Waals surface area contributed by atoms with Crippen molar-refractivity contribution in [2.75, 3.05) is 11.9 Å². The molecule has 0 aliphatic rings. The van der Waals surface area contributed by atoms with Gasteiger partial charge in [-0.3, -0.25) is 4.79 Å². The number of nitrogens with one attached hydrogen (secondary N) is 2. The lowest BCUT2D eigenvalue weighted by Gasteiger charge is -2.11. The molecule has 1 aromatic heterocycles. The lowest BCUT2D eigenvalue weighted by atomic mass is 10.1. The Balaban J connectivity index is 2.06. The summed E-state index contributed by atoms with van der Waals surface area (Å²) in [5, 5.41) is 8.27. The van der Waals surface area contributed by atoms with Crippen molar-refractivity contribution in [1.82, 2.24) is 5.32 Å². The van der Waals surface area contributed by atoms with Gasteiger partial charge in [0.2, 0.25) is 0 Å². The van der Waals surface area contributed by atoms with Crippen LogP contribution in [-0.4, -0.2) is 12.5 Å². The molecule has 0 spiro atoms. The molecule has 2 rings (SSSR count). The third-order valence-corrected chi connectivity index (χ3v) is 4.88. The van der Waals surface area contributed by atoms with Crippen LogP contribution in [0, 0.1) is 6.92 Å². The number of halogens is 1. The highest BCUT2D eigenvalue weighted by molar-refractivity contribution is 9.10. The van der Waals surface area contributed by atoms with Crippen molar-refractivity contribution in [1.29, 1.82) is 0 Å². The van der Waals surface area contributed by atoms with Crippen LogP contribution < -0.4 is 10.6 Å². The summed E-state index contributed by atoms with van der Waals surface area (Å²) in [5.74, 6) is -0.0249. The summed E-state index contributed by atoms with van der Waals surface area (Å²) >= 11 is 5.24. The van der Waals surface area contributed by atoms with Crippen LogP contribution in [0.15, 0.2) is 34.1 Å². The van der Waals surface area contributed by atoms with Crippen molar-refractivity contribution in [3.8, 4) is 0 Å². The minimum Gasteiger partial charge on any atom is -0.380 e. The lowest BCUT2D eigenvalue weighted by Crippen LogP contribution is -2.22. The van der Waals surface area contributed by atoms with Crippen LogP contribution >= 0.6 is 27.3 Å². The molecule has 106 valence electrons. The molecule has 0 aliphatic carbocycles. The molecule has 5 heteroatoms. The van der Waals surface area contributed by atoms with Gasteiger partial charge in [0.25, 0.3) is 5.91 Å². The van der Waals surface area contributed by atoms with Gasteiger partial charge in [-0.15, -0.1) is 11.3 Å². The molecule has 3 nitrogen and oxygen atoms in total. The highest BCUT2D eigenvalue weighted by Crippen LogP contribution is 2.24. The number of anilines is 1. The van der Waals surface area contributed by atoms with Gasteiger partial charge in [-0.05, 0) is 65.0 Å². The second-order valence-electron chi connectivity index (χ2n) is 4.43. The maximum absolute atomic E-state index is 11.8. The molecule has 20 heavy (non-hydrogen) atoms. The van der Waals surface area contributed by atoms with Crippen molar-refractivity contribution in [2.45, 2.75) is 20.4 Å². The third-order valence-electron chi connectivity index (χ3n) is 2.96. The number of carbonyl (C=O) groups is 1. The number of thiophene rings is 1. The largest absolute Gasteiger partial charge is 0.380 e. The lowest BCUT2D eigenvalue weighted by molar-refractivity contribution is 0.0956. The van der Waals surface area contributed by atoms with Crippen LogP contribution in [0.1, 0.15) is 27.7 Å². The molecule has 0 saturated heterocycles. The average Bonchev–Trinajstić information content (AvgIpc) is 2.83. The Labute approximate surface area is 131 Å². The number of carbonyl (C=O) groups excluding carboxylic acids is 1. The number of hydrogen-bond donors (Lipinski definition) is 2. The molecule has 0 atom stereocenters. The van der Waals surface area contributed by atoms with Crippen LogP contribution in [0.4, 0.5) is 5.69 Å². The fourth-order valence-electron chi connectivity index (χ4n) is 1.89. The number of benzene rings is 1. The molecule has 0 unspecified atom stereocenters. The summed E-state index contributed by atoms with van der Waals surface area (Å²) in [5.41, 5.74) is 2.83. The van der Waals surface area contributed by atoms with E-state index in [1.807, 2.05) is 38.1 Å². The van der Waals surface area contributed by atoms with Crippen molar-refractivity contribution in [2.24, 2.45) is 0 Å². The van der Waals surface area contributed by atoms with E-state index in [0.29, 0.717) is 12.1 Å². The predicted molar refractivity (Wildman–Crippen MR) is 88.5 cm³/mol. The van der Waals surface area contributed by atoms with E-state index in [9.17, 15) is 4.79 Å². The SMILES string of the molecule is CCNC(=O)c1ccc(NCc2sccc2Br)c(C)c1. The van der Waals surface area contributed by atoms with Gasteiger partial charge in [-0.2, -0.15) is 0 Å². The zero-order valence-electron chi connectivity index (χ0n) is 11.5. The second kappa shape index (κ2) is 6.90. The van der Waals surface area contributed by atoms with Gasteiger partial charge in [-0.25, -0.2) is 0 Å². The normalized spacial score (nSPS) is 10.3. The van der Waals surface area contributed by atoms with Gasteiger partial charge >= 0.3 is 0 Å². The van der Waals surface area contributed by atoms with Crippen LogP contribution in [0.25, 0.3) is 0 Å². The van der Waals surface area contributed by atoms with Crippen LogP contribution in [0.5, 0.6) is 0 Å². The Hall–Kier alpha value is -1.33. The van der Waals surface area contributed by atoms with Crippen LogP contribution in [-0.2, 0) is 6.54 Å². The first-order valence-corrected chi connectivity index (χ1v) is 8.13. The Morgan fingerprint density at radius 1 is 1.35 bits per heavy atom. The summed E-state index contributed by atoms with van der Waals surface area (Å²) in [6.45, 7) is 5.35. The van der Waals surface area contributed by atoms with E-state index in [2.05, 4.69) is 31.9 Å². The van der Waals surface area contributed by atoms with E-state index < -0.39 is 0 Å². The average molecular weight is 353 g/mol. The Morgan fingerprint density at radius 2 is 2.15 bits per heavy atom. The number of amides is 1. The number of hydrogen-bond acceptors (Lipinski definition) is 3. The minimum absolute atomic E-state index is 0.0249. The molecule has 0 saturated carbocycles. The van der Waals surface area contributed by atoms with Crippen molar-refractivity contribution in [3.63, 3.8) is 0 Å². The van der Waals surface area contributed by atoms with E-state index in [0.717, 1.165) is 22.3 Å². The molecule has 0 radical (unpaired) electrons. The molecule has 0 fully saturated rings. The Morgan fingerprint density at radius 3 is 2.75 bits per heavy atom. The number of rotatable bonds is 5. The zero-order chi connectivity index (χ0) is 14.5. The molecule has 0 bridgehead atoms. The first-order chi connectivity index (χ1) is 9.61. The molecule has 1 amide bonds. The number of aryl methyl sites for hydroxylation is 1. The third kappa shape index (κ3) is 3.61. The van der Waals surface area contributed by atoms with E-state index in [1.54, 1.807) is 11.3 Å². The highest BCUT2D eigenvalue weighted by atomic mass is 79.9. The monoisotopic (exact) mass is 352 g/mol. The molecule has 0 aliphatic heterocycles. The summed E-state index contributed by atoms with van der Waals surface area (Å²) in [6.07, 6.45) is 0. The molecule has 2 N–H and O–H groups in total. The standard InChI is InChI=1S/C15H17BrN2OS/c1-3-17-15(19)11-4-5-13(10(2)8-11)18-9-14-12(16)6-7-20-14/h4-8,18H,3,9H2,1-2H3,(H,17,19). The Bertz CT molecular complexity index is 610. The molecular formula is C15H17BrN2OS. The van der Waals surface area contributed by atoms with Crippen molar-refractivity contribution in [3.05, 3.63) is 50.1 Å². The van der Waals surface area contributed by atoms with E-state index >= 15 is 0 Å². The van der Waals surface area contributed by atoms with Crippen LogP contribution in [0.3, 0.4) is 0 Å².